The molecule has 0 saturated carbocycles. The Morgan fingerprint density at radius 3 is 3.07 bits per heavy atom. The maximum Gasteiger partial charge on any atom is 0.126 e. The molecule has 2 rings (SSSR count). The molecule has 0 bridgehead atoms. The van der Waals surface area contributed by atoms with Gasteiger partial charge < -0.3 is 10.4 Å². The molecule has 0 aliphatic carbocycles. The first-order valence-corrected chi connectivity index (χ1v) is 4.94. The average molecular weight is 195 g/mol. The van der Waals surface area contributed by atoms with Crippen molar-refractivity contribution in [1.82, 2.24) is 5.32 Å². The van der Waals surface area contributed by atoms with E-state index in [1.165, 1.54) is 18.2 Å². The van der Waals surface area contributed by atoms with E-state index in [2.05, 4.69) is 5.32 Å². The fourth-order valence-corrected chi connectivity index (χ4v) is 1.92. The molecule has 1 fully saturated rings. The molecule has 14 heavy (non-hydrogen) atoms. The van der Waals surface area contributed by atoms with Crippen LogP contribution in [0.1, 0.15) is 12.0 Å². The molecule has 1 atom stereocenters. The van der Waals surface area contributed by atoms with E-state index in [-0.39, 0.29) is 11.6 Å². The second-order valence-electron chi connectivity index (χ2n) is 3.84. The normalized spacial score (nSPS) is 21.4. The molecule has 76 valence electrons. The van der Waals surface area contributed by atoms with E-state index in [0.29, 0.717) is 17.9 Å². The van der Waals surface area contributed by atoms with Crippen LogP contribution in [0.3, 0.4) is 0 Å². The first-order valence-electron chi connectivity index (χ1n) is 4.94. The van der Waals surface area contributed by atoms with Crippen molar-refractivity contribution in [2.45, 2.75) is 12.8 Å². The number of rotatable bonds is 2. The van der Waals surface area contributed by atoms with E-state index in [1.54, 1.807) is 0 Å². The van der Waals surface area contributed by atoms with Gasteiger partial charge in [-0.3, -0.25) is 0 Å². The summed E-state index contributed by atoms with van der Waals surface area (Å²) < 4.78 is 13.3. The Morgan fingerprint density at radius 1 is 1.50 bits per heavy atom. The predicted octanol–water partition coefficient (Wildman–Crippen LogP) is 1.68. The molecule has 2 N–H and O–H groups in total. The Bertz CT molecular complexity index is 321. The third-order valence-electron chi connectivity index (χ3n) is 2.70. The van der Waals surface area contributed by atoms with E-state index in [1.807, 2.05) is 0 Å². The fourth-order valence-electron chi connectivity index (χ4n) is 1.92. The van der Waals surface area contributed by atoms with Crippen molar-refractivity contribution in [1.29, 1.82) is 0 Å². The van der Waals surface area contributed by atoms with Crippen LogP contribution < -0.4 is 5.32 Å². The van der Waals surface area contributed by atoms with Crippen molar-refractivity contribution in [3.05, 3.63) is 29.6 Å². The van der Waals surface area contributed by atoms with Crippen LogP contribution in [0.4, 0.5) is 4.39 Å². The van der Waals surface area contributed by atoms with Crippen LogP contribution in [0, 0.1) is 11.7 Å². The molecule has 2 nitrogen and oxygen atoms in total. The van der Waals surface area contributed by atoms with Gasteiger partial charge in [-0.15, -0.1) is 0 Å². The van der Waals surface area contributed by atoms with Crippen molar-refractivity contribution in [2.24, 2.45) is 5.92 Å². The molecule has 1 heterocycles. The monoisotopic (exact) mass is 195 g/mol. The summed E-state index contributed by atoms with van der Waals surface area (Å²) in [5, 5.41) is 12.5. The molecule has 0 aromatic heterocycles. The Hall–Kier alpha value is -1.09. The molecule has 1 aromatic carbocycles. The van der Waals surface area contributed by atoms with Crippen LogP contribution in [0.15, 0.2) is 18.2 Å². The number of benzene rings is 1. The van der Waals surface area contributed by atoms with E-state index in [9.17, 15) is 9.50 Å². The molecule has 0 spiro atoms. The van der Waals surface area contributed by atoms with Gasteiger partial charge in [0.15, 0.2) is 0 Å². The Balaban J connectivity index is 2.10. The number of phenolic OH excluding ortho intramolecular Hbond substituents is 1. The fraction of sp³-hybridized carbons (Fsp3) is 0.455. The number of phenols is 1. The summed E-state index contributed by atoms with van der Waals surface area (Å²) in [4.78, 5) is 0. The quantitative estimate of drug-likeness (QED) is 0.752. The lowest BCUT2D eigenvalue weighted by molar-refractivity contribution is 0.468. The number of hydrogen-bond acceptors (Lipinski definition) is 2. The summed E-state index contributed by atoms with van der Waals surface area (Å²) >= 11 is 0. The summed E-state index contributed by atoms with van der Waals surface area (Å²) in [6, 6.07) is 4.23. The van der Waals surface area contributed by atoms with Crippen LogP contribution >= 0.6 is 0 Å². The molecule has 1 aliphatic rings. The lowest BCUT2D eigenvalue weighted by atomic mass is 9.98. The van der Waals surface area contributed by atoms with Gasteiger partial charge in [-0.1, -0.05) is 0 Å². The first kappa shape index (κ1) is 9.46. The molecule has 0 radical (unpaired) electrons. The lowest BCUT2D eigenvalue weighted by Gasteiger charge is -2.09. The molecule has 1 aliphatic heterocycles. The van der Waals surface area contributed by atoms with Crippen molar-refractivity contribution >= 4 is 0 Å². The van der Waals surface area contributed by atoms with Crippen LogP contribution in [0.25, 0.3) is 0 Å². The third-order valence-corrected chi connectivity index (χ3v) is 2.70. The van der Waals surface area contributed by atoms with Gasteiger partial charge in [0.05, 0.1) is 0 Å². The first-order chi connectivity index (χ1) is 6.75. The van der Waals surface area contributed by atoms with Gasteiger partial charge in [0.2, 0.25) is 0 Å². The van der Waals surface area contributed by atoms with Gasteiger partial charge in [-0.2, -0.15) is 0 Å². The average Bonchev–Trinajstić information content (AvgIpc) is 2.64. The third kappa shape index (κ3) is 2.04. The minimum absolute atomic E-state index is 0.146. The highest BCUT2D eigenvalue weighted by Gasteiger charge is 2.16. The molecule has 1 saturated heterocycles. The van der Waals surface area contributed by atoms with E-state index < -0.39 is 0 Å². The summed E-state index contributed by atoms with van der Waals surface area (Å²) in [7, 11) is 0. The van der Waals surface area contributed by atoms with Crippen LogP contribution in [0.2, 0.25) is 0 Å². The number of hydrogen-bond donors (Lipinski definition) is 2. The van der Waals surface area contributed by atoms with Gasteiger partial charge in [-0.25, -0.2) is 4.39 Å². The van der Waals surface area contributed by atoms with Crippen molar-refractivity contribution < 1.29 is 9.50 Å². The van der Waals surface area contributed by atoms with Gasteiger partial charge in [-0.05, 0) is 55.6 Å². The van der Waals surface area contributed by atoms with E-state index in [0.717, 1.165) is 19.5 Å². The summed E-state index contributed by atoms with van der Waals surface area (Å²) in [5.74, 6) is 0.438. The number of halogens is 1. The molecular weight excluding hydrogens is 181 g/mol. The van der Waals surface area contributed by atoms with Crippen molar-refractivity contribution in [3.63, 3.8) is 0 Å². The van der Waals surface area contributed by atoms with Gasteiger partial charge >= 0.3 is 0 Å². The van der Waals surface area contributed by atoms with E-state index >= 15 is 0 Å². The number of nitrogens with one attached hydrogen (secondary N) is 1. The highest BCUT2D eigenvalue weighted by Crippen LogP contribution is 2.21. The lowest BCUT2D eigenvalue weighted by Crippen LogP contribution is -2.11. The Kier molecular flexibility index (Phi) is 2.68. The highest BCUT2D eigenvalue weighted by atomic mass is 19.1. The topological polar surface area (TPSA) is 32.3 Å². The second-order valence-corrected chi connectivity index (χ2v) is 3.84. The largest absolute Gasteiger partial charge is 0.508 e. The van der Waals surface area contributed by atoms with Gasteiger partial charge in [0.25, 0.3) is 0 Å². The minimum Gasteiger partial charge on any atom is -0.508 e. The summed E-state index contributed by atoms with van der Waals surface area (Å²) in [6.45, 7) is 1.97. The van der Waals surface area contributed by atoms with Crippen LogP contribution in [-0.4, -0.2) is 18.2 Å². The van der Waals surface area contributed by atoms with Crippen LogP contribution in [-0.2, 0) is 6.42 Å². The zero-order valence-corrected chi connectivity index (χ0v) is 7.96. The van der Waals surface area contributed by atoms with Gasteiger partial charge in [0, 0.05) is 0 Å². The smallest absolute Gasteiger partial charge is 0.126 e. The van der Waals surface area contributed by atoms with Gasteiger partial charge in [0.1, 0.15) is 11.6 Å². The molecule has 1 aromatic rings. The van der Waals surface area contributed by atoms with Crippen LogP contribution in [0.5, 0.6) is 5.75 Å². The minimum atomic E-state index is -0.213. The number of aromatic hydroxyl groups is 1. The SMILES string of the molecule is Oc1ccc(F)c(CC2CCNC2)c1. The maximum absolute atomic E-state index is 13.3. The van der Waals surface area contributed by atoms with E-state index in [4.69, 9.17) is 0 Å². The molecular formula is C11H14FNO. The Morgan fingerprint density at radius 2 is 2.36 bits per heavy atom. The highest BCUT2D eigenvalue weighted by molar-refractivity contribution is 5.29. The Labute approximate surface area is 82.8 Å². The molecule has 3 heteroatoms. The second kappa shape index (κ2) is 3.96. The van der Waals surface area contributed by atoms with Crippen molar-refractivity contribution in [2.75, 3.05) is 13.1 Å². The zero-order valence-electron chi connectivity index (χ0n) is 7.96. The summed E-state index contributed by atoms with van der Waals surface area (Å²) in [5.41, 5.74) is 0.624. The molecule has 1 unspecified atom stereocenters. The van der Waals surface area contributed by atoms with Crippen molar-refractivity contribution in [3.8, 4) is 5.75 Å². The molecule has 0 amide bonds. The summed E-state index contributed by atoms with van der Waals surface area (Å²) in [6.07, 6.45) is 1.81. The standard InChI is InChI=1S/C11H14FNO/c12-11-2-1-10(14)6-9(11)5-8-3-4-13-7-8/h1-2,6,8,13-14H,3-5,7H2. The maximum atomic E-state index is 13.3. The predicted molar refractivity (Wildman–Crippen MR) is 52.7 cm³/mol. The zero-order chi connectivity index (χ0) is 9.97.